The van der Waals surface area contributed by atoms with E-state index in [0.29, 0.717) is 19.0 Å². The van der Waals surface area contributed by atoms with Crippen LogP contribution in [0.3, 0.4) is 0 Å². The molecule has 0 radical (unpaired) electrons. The van der Waals surface area contributed by atoms with Crippen LogP contribution in [0.15, 0.2) is 0 Å². The Morgan fingerprint density at radius 3 is 2.58 bits per heavy atom. The van der Waals surface area contributed by atoms with Gasteiger partial charge in [-0.3, -0.25) is 0 Å². The molecule has 4 heteroatoms. The first-order chi connectivity index (χ1) is 5.65. The van der Waals surface area contributed by atoms with Gasteiger partial charge in [0, 0.05) is 7.05 Å². The number of likely N-dealkylation sites (tertiary alicyclic amines) is 1. The Labute approximate surface area is 71.5 Å². The topological polar surface area (TPSA) is 52.6 Å². The van der Waals surface area contributed by atoms with E-state index in [2.05, 4.69) is 5.32 Å². The summed E-state index contributed by atoms with van der Waals surface area (Å²) in [5.74, 6) is 0.457. The summed E-state index contributed by atoms with van der Waals surface area (Å²) in [6.45, 7) is 1.02. The van der Waals surface area contributed by atoms with E-state index in [1.54, 1.807) is 11.9 Å². The maximum atomic E-state index is 11.0. The third-order valence-electron chi connectivity index (χ3n) is 2.77. The Kier molecular flexibility index (Phi) is 1.54. The largest absolute Gasteiger partial charge is 0.386 e. The second kappa shape index (κ2) is 2.36. The zero-order chi connectivity index (χ0) is 8.77. The van der Waals surface area contributed by atoms with Crippen molar-refractivity contribution >= 4 is 6.03 Å². The number of β-amino-alcohol motifs (C(OH)–C–C–N with tert-alkyl or cyclic N) is 1. The molecule has 1 heterocycles. The van der Waals surface area contributed by atoms with Crippen LogP contribution >= 0.6 is 0 Å². The third kappa shape index (κ3) is 1.06. The number of carbonyl (C=O) groups is 1. The average molecular weight is 170 g/mol. The lowest BCUT2D eigenvalue weighted by atomic mass is 9.89. The monoisotopic (exact) mass is 170 g/mol. The highest BCUT2D eigenvalue weighted by atomic mass is 16.3. The minimum atomic E-state index is -0.549. The standard InChI is InChI=1S/C8H14N2O2/c1-9-7(11)10-4-8(12,5-10)6-2-3-6/h6,12H,2-5H2,1H3,(H,9,11). The van der Waals surface area contributed by atoms with Crippen LogP contribution in [0.5, 0.6) is 0 Å². The van der Waals surface area contributed by atoms with E-state index in [0.717, 1.165) is 12.8 Å². The molecule has 2 amide bonds. The molecule has 0 aromatic heterocycles. The summed E-state index contributed by atoms with van der Waals surface area (Å²) in [5, 5.41) is 12.4. The molecule has 2 N–H and O–H groups in total. The zero-order valence-corrected chi connectivity index (χ0v) is 7.21. The van der Waals surface area contributed by atoms with E-state index in [-0.39, 0.29) is 6.03 Å². The molecule has 0 aromatic rings. The van der Waals surface area contributed by atoms with E-state index in [1.165, 1.54) is 0 Å². The van der Waals surface area contributed by atoms with Crippen molar-refractivity contribution in [1.82, 2.24) is 10.2 Å². The molecular formula is C8H14N2O2. The number of aliphatic hydroxyl groups is 1. The highest BCUT2D eigenvalue weighted by molar-refractivity contribution is 5.75. The Morgan fingerprint density at radius 2 is 2.17 bits per heavy atom. The number of urea groups is 1. The molecule has 1 saturated carbocycles. The van der Waals surface area contributed by atoms with Gasteiger partial charge in [0.2, 0.25) is 0 Å². The predicted octanol–water partition coefficient (Wildman–Crippen LogP) is -0.218. The van der Waals surface area contributed by atoms with Gasteiger partial charge < -0.3 is 15.3 Å². The lowest BCUT2D eigenvalue weighted by molar-refractivity contribution is -0.0915. The summed E-state index contributed by atoms with van der Waals surface area (Å²) in [6.07, 6.45) is 2.25. The molecule has 4 nitrogen and oxygen atoms in total. The summed E-state index contributed by atoms with van der Waals surface area (Å²) in [7, 11) is 1.61. The zero-order valence-electron chi connectivity index (χ0n) is 7.21. The van der Waals surface area contributed by atoms with Crippen LogP contribution in [0.2, 0.25) is 0 Å². The average Bonchev–Trinajstić information content (AvgIpc) is 2.79. The summed E-state index contributed by atoms with van der Waals surface area (Å²) in [4.78, 5) is 12.7. The Bertz CT molecular complexity index is 207. The molecule has 2 fully saturated rings. The highest BCUT2D eigenvalue weighted by Crippen LogP contribution is 2.44. The molecule has 1 saturated heterocycles. The van der Waals surface area contributed by atoms with E-state index >= 15 is 0 Å². The van der Waals surface area contributed by atoms with Crippen LogP contribution in [-0.2, 0) is 0 Å². The molecule has 0 spiro atoms. The maximum absolute atomic E-state index is 11.0. The summed E-state index contributed by atoms with van der Waals surface area (Å²) in [6, 6.07) is -0.0830. The highest BCUT2D eigenvalue weighted by Gasteiger charge is 2.53. The smallest absolute Gasteiger partial charge is 0.317 e. The first-order valence-electron chi connectivity index (χ1n) is 4.35. The minimum absolute atomic E-state index is 0.0830. The number of hydrogen-bond acceptors (Lipinski definition) is 2. The van der Waals surface area contributed by atoms with Gasteiger partial charge in [-0.05, 0) is 18.8 Å². The fourth-order valence-corrected chi connectivity index (χ4v) is 1.80. The Morgan fingerprint density at radius 1 is 1.58 bits per heavy atom. The quantitative estimate of drug-likeness (QED) is 0.571. The van der Waals surface area contributed by atoms with Crippen molar-refractivity contribution in [2.45, 2.75) is 18.4 Å². The van der Waals surface area contributed by atoms with Gasteiger partial charge in [-0.2, -0.15) is 0 Å². The van der Waals surface area contributed by atoms with Crippen molar-refractivity contribution in [3.63, 3.8) is 0 Å². The molecule has 12 heavy (non-hydrogen) atoms. The van der Waals surface area contributed by atoms with Gasteiger partial charge in [0.05, 0.1) is 13.1 Å². The van der Waals surface area contributed by atoms with Crippen molar-refractivity contribution in [2.24, 2.45) is 5.92 Å². The predicted molar refractivity (Wildman–Crippen MR) is 43.7 cm³/mol. The molecule has 68 valence electrons. The van der Waals surface area contributed by atoms with Gasteiger partial charge >= 0.3 is 6.03 Å². The van der Waals surface area contributed by atoms with Gasteiger partial charge in [-0.15, -0.1) is 0 Å². The molecule has 2 aliphatic rings. The van der Waals surface area contributed by atoms with Gasteiger partial charge in [-0.1, -0.05) is 0 Å². The first kappa shape index (κ1) is 7.86. The second-order valence-electron chi connectivity index (χ2n) is 3.79. The molecule has 0 bridgehead atoms. The van der Waals surface area contributed by atoms with Crippen LogP contribution < -0.4 is 5.32 Å². The van der Waals surface area contributed by atoms with Gasteiger partial charge in [-0.25, -0.2) is 4.79 Å². The number of hydrogen-bond donors (Lipinski definition) is 2. The lowest BCUT2D eigenvalue weighted by Gasteiger charge is -2.46. The number of nitrogens with zero attached hydrogens (tertiary/aromatic N) is 1. The van der Waals surface area contributed by atoms with Crippen LogP contribution in [-0.4, -0.2) is 41.8 Å². The molecule has 0 atom stereocenters. The van der Waals surface area contributed by atoms with Crippen molar-refractivity contribution < 1.29 is 9.90 Å². The van der Waals surface area contributed by atoms with Crippen molar-refractivity contribution in [2.75, 3.05) is 20.1 Å². The number of rotatable bonds is 1. The normalized spacial score (nSPS) is 26.3. The molecule has 1 aliphatic heterocycles. The van der Waals surface area contributed by atoms with Crippen LogP contribution in [0.4, 0.5) is 4.79 Å². The Balaban J connectivity index is 1.85. The summed E-state index contributed by atoms with van der Waals surface area (Å²) >= 11 is 0. The van der Waals surface area contributed by atoms with Crippen molar-refractivity contribution in [3.8, 4) is 0 Å². The van der Waals surface area contributed by atoms with E-state index < -0.39 is 5.60 Å². The molecular weight excluding hydrogens is 156 g/mol. The van der Waals surface area contributed by atoms with Crippen molar-refractivity contribution in [3.05, 3.63) is 0 Å². The molecule has 0 aromatic carbocycles. The van der Waals surface area contributed by atoms with E-state index in [4.69, 9.17) is 0 Å². The fraction of sp³-hybridized carbons (Fsp3) is 0.875. The van der Waals surface area contributed by atoms with Gasteiger partial charge in [0.15, 0.2) is 0 Å². The molecule has 2 rings (SSSR count). The number of nitrogens with one attached hydrogen (secondary N) is 1. The lowest BCUT2D eigenvalue weighted by Crippen LogP contribution is -2.66. The minimum Gasteiger partial charge on any atom is -0.386 e. The third-order valence-corrected chi connectivity index (χ3v) is 2.77. The second-order valence-corrected chi connectivity index (χ2v) is 3.79. The first-order valence-corrected chi connectivity index (χ1v) is 4.35. The van der Waals surface area contributed by atoms with Crippen molar-refractivity contribution in [1.29, 1.82) is 0 Å². The van der Waals surface area contributed by atoms with E-state index in [9.17, 15) is 9.90 Å². The maximum Gasteiger partial charge on any atom is 0.317 e. The van der Waals surface area contributed by atoms with Crippen LogP contribution in [0, 0.1) is 5.92 Å². The van der Waals surface area contributed by atoms with Gasteiger partial charge in [0.25, 0.3) is 0 Å². The van der Waals surface area contributed by atoms with Crippen LogP contribution in [0.1, 0.15) is 12.8 Å². The summed E-state index contributed by atoms with van der Waals surface area (Å²) in [5.41, 5.74) is -0.549. The van der Waals surface area contributed by atoms with Crippen LogP contribution in [0.25, 0.3) is 0 Å². The SMILES string of the molecule is CNC(=O)N1CC(O)(C2CC2)C1. The number of carbonyl (C=O) groups excluding carboxylic acids is 1. The number of amides is 2. The summed E-state index contributed by atoms with van der Waals surface area (Å²) < 4.78 is 0. The Hall–Kier alpha value is -0.770. The molecule has 0 unspecified atom stereocenters. The molecule has 1 aliphatic carbocycles. The fourth-order valence-electron chi connectivity index (χ4n) is 1.80. The van der Waals surface area contributed by atoms with E-state index in [1.807, 2.05) is 0 Å². The van der Waals surface area contributed by atoms with Gasteiger partial charge in [0.1, 0.15) is 5.60 Å².